The zero-order chi connectivity index (χ0) is 17.7. The average Bonchev–Trinajstić information content (AvgIpc) is 2.59. The van der Waals surface area contributed by atoms with Crippen molar-refractivity contribution in [2.45, 2.75) is 30.2 Å². The zero-order valence-corrected chi connectivity index (χ0v) is 15.2. The molecule has 0 radical (unpaired) electrons. The standard InChI is InChI=1S/C15H20N4O4S.ClH/c16-8-11-3-1-2-6-18(11)14(20)9-24-13-5-4-10(15(17)21)7-12(13)19(22)23;/h4-5,7,11H,1-3,6,8-9,16H2,(H2,17,21);1H. The molecule has 1 aliphatic rings. The molecule has 2 rings (SSSR count). The van der Waals surface area contributed by atoms with Gasteiger partial charge in [0.15, 0.2) is 0 Å². The van der Waals surface area contributed by atoms with Crippen molar-refractivity contribution in [3.05, 3.63) is 33.9 Å². The number of likely N-dealkylation sites (tertiary alicyclic amines) is 1. The minimum absolute atomic E-state index is 0. The number of hydrogen-bond donors (Lipinski definition) is 2. The molecule has 1 heterocycles. The second-order valence-electron chi connectivity index (χ2n) is 5.56. The molecule has 8 nitrogen and oxygen atoms in total. The molecule has 1 atom stereocenters. The first-order valence-corrected chi connectivity index (χ1v) is 8.63. The summed E-state index contributed by atoms with van der Waals surface area (Å²) in [6, 6.07) is 4.05. The quantitative estimate of drug-likeness (QED) is 0.431. The molecule has 10 heteroatoms. The fourth-order valence-electron chi connectivity index (χ4n) is 2.73. The van der Waals surface area contributed by atoms with Crippen LogP contribution in [-0.2, 0) is 4.79 Å². The molecule has 1 aromatic carbocycles. The lowest BCUT2D eigenvalue weighted by Gasteiger charge is -2.35. The van der Waals surface area contributed by atoms with E-state index in [9.17, 15) is 19.7 Å². The second-order valence-corrected chi connectivity index (χ2v) is 6.58. The Hall–Kier alpha value is -1.84. The molecule has 0 spiro atoms. The highest BCUT2D eigenvalue weighted by Crippen LogP contribution is 2.30. The SMILES string of the molecule is Cl.NCC1CCCCN1C(=O)CSc1ccc(C(N)=O)cc1[N+](=O)[O-]. The number of carbonyl (C=O) groups excluding carboxylic acids is 2. The van der Waals surface area contributed by atoms with Crippen molar-refractivity contribution in [3.8, 4) is 0 Å². The first-order chi connectivity index (χ1) is 11.4. The number of nitrogens with zero attached hydrogens (tertiary/aromatic N) is 2. The lowest BCUT2D eigenvalue weighted by Crippen LogP contribution is -2.48. The summed E-state index contributed by atoms with van der Waals surface area (Å²) in [4.78, 5) is 36.2. The third-order valence-electron chi connectivity index (χ3n) is 4.01. The first kappa shape index (κ1) is 21.2. The molecule has 0 aliphatic carbocycles. The van der Waals surface area contributed by atoms with Gasteiger partial charge in [-0.3, -0.25) is 19.7 Å². The van der Waals surface area contributed by atoms with Gasteiger partial charge in [0.25, 0.3) is 5.69 Å². The minimum Gasteiger partial charge on any atom is -0.366 e. The summed E-state index contributed by atoms with van der Waals surface area (Å²) in [5.41, 5.74) is 10.7. The van der Waals surface area contributed by atoms with E-state index in [0.717, 1.165) is 37.1 Å². The summed E-state index contributed by atoms with van der Waals surface area (Å²) in [5, 5.41) is 11.2. The fourth-order valence-corrected chi connectivity index (χ4v) is 3.62. The largest absolute Gasteiger partial charge is 0.366 e. The predicted molar refractivity (Wildman–Crippen MR) is 98.0 cm³/mol. The van der Waals surface area contributed by atoms with Gasteiger partial charge in [0.1, 0.15) is 0 Å². The molecule has 2 amide bonds. The van der Waals surface area contributed by atoms with Crippen molar-refractivity contribution >= 4 is 41.7 Å². The lowest BCUT2D eigenvalue weighted by molar-refractivity contribution is -0.387. The van der Waals surface area contributed by atoms with E-state index in [4.69, 9.17) is 11.5 Å². The Morgan fingerprint density at radius 1 is 1.36 bits per heavy atom. The number of nitro benzene ring substituents is 1. The van der Waals surface area contributed by atoms with Crippen LogP contribution in [0.5, 0.6) is 0 Å². The van der Waals surface area contributed by atoms with E-state index >= 15 is 0 Å². The minimum atomic E-state index is -0.732. The summed E-state index contributed by atoms with van der Waals surface area (Å²) in [5.74, 6) is -0.721. The lowest BCUT2D eigenvalue weighted by atomic mass is 10.0. The van der Waals surface area contributed by atoms with Gasteiger partial charge in [-0.25, -0.2) is 0 Å². The Labute approximate surface area is 155 Å². The van der Waals surface area contributed by atoms with Gasteiger partial charge < -0.3 is 16.4 Å². The van der Waals surface area contributed by atoms with Gasteiger partial charge in [0.2, 0.25) is 11.8 Å². The van der Waals surface area contributed by atoms with Crippen LogP contribution in [0.4, 0.5) is 5.69 Å². The number of halogens is 1. The number of piperidine rings is 1. The summed E-state index contributed by atoms with van der Waals surface area (Å²) in [6.45, 7) is 1.09. The van der Waals surface area contributed by atoms with Gasteiger partial charge in [0, 0.05) is 30.8 Å². The summed E-state index contributed by atoms with van der Waals surface area (Å²) in [6.07, 6.45) is 2.89. The average molecular weight is 389 g/mol. The molecule has 0 saturated carbocycles. The number of nitrogens with two attached hydrogens (primary N) is 2. The van der Waals surface area contributed by atoms with Crippen LogP contribution in [-0.4, -0.2) is 46.5 Å². The van der Waals surface area contributed by atoms with Crippen LogP contribution in [0.1, 0.15) is 29.6 Å². The van der Waals surface area contributed by atoms with Gasteiger partial charge >= 0.3 is 0 Å². The van der Waals surface area contributed by atoms with E-state index in [1.54, 1.807) is 4.90 Å². The van der Waals surface area contributed by atoms with E-state index in [1.165, 1.54) is 12.1 Å². The molecule has 1 fully saturated rings. The summed E-state index contributed by atoms with van der Waals surface area (Å²) < 4.78 is 0. The van der Waals surface area contributed by atoms with Crippen LogP contribution >= 0.6 is 24.2 Å². The molecular formula is C15H21ClN4O4S. The fraction of sp³-hybridized carbons (Fsp3) is 0.467. The third kappa shape index (κ3) is 5.32. The normalized spacial score (nSPS) is 16.8. The molecule has 1 aromatic rings. The van der Waals surface area contributed by atoms with Gasteiger partial charge in [-0.2, -0.15) is 0 Å². The molecule has 1 saturated heterocycles. The van der Waals surface area contributed by atoms with E-state index in [2.05, 4.69) is 0 Å². The van der Waals surface area contributed by atoms with Crippen molar-refractivity contribution in [1.82, 2.24) is 4.90 Å². The number of nitro groups is 1. The van der Waals surface area contributed by atoms with Crippen molar-refractivity contribution in [2.75, 3.05) is 18.8 Å². The van der Waals surface area contributed by atoms with Crippen molar-refractivity contribution in [2.24, 2.45) is 11.5 Å². The Balaban J connectivity index is 0.00000312. The zero-order valence-electron chi connectivity index (χ0n) is 13.6. The molecule has 1 aliphatic heterocycles. The van der Waals surface area contributed by atoms with Gasteiger partial charge in [-0.15, -0.1) is 24.2 Å². The van der Waals surface area contributed by atoms with Crippen LogP contribution in [0.3, 0.4) is 0 Å². The van der Waals surface area contributed by atoms with Crippen LogP contribution in [0.2, 0.25) is 0 Å². The van der Waals surface area contributed by atoms with Gasteiger partial charge in [-0.1, -0.05) is 0 Å². The molecular weight excluding hydrogens is 368 g/mol. The number of benzene rings is 1. The van der Waals surface area contributed by atoms with Crippen LogP contribution in [0.25, 0.3) is 0 Å². The van der Waals surface area contributed by atoms with Crippen molar-refractivity contribution in [1.29, 1.82) is 0 Å². The Morgan fingerprint density at radius 3 is 2.68 bits per heavy atom. The van der Waals surface area contributed by atoms with E-state index in [1.807, 2.05) is 0 Å². The summed E-state index contributed by atoms with van der Waals surface area (Å²) >= 11 is 1.08. The number of hydrogen-bond acceptors (Lipinski definition) is 6. The highest BCUT2D eigenvalue weighted by atomic mass is 35.5. The Morgan fingerprint density at radius 2 is 2.08 bits per heavy atom. The molecule has 0 bridgehead atoms. The smallest absolute Gasteiger partial charge is 0.283 e. The Kier molecular flexibility index (Phi) is 8.14. The van der Waals surface area contributed by atoms with Crippen LogP contribution in [0, 0.1) is 10.1 Å². The monoisotopic (exact) mass is 388 g/mol. The maximum atomic E-state index is 12.4. The van der Waals surface area contributed by atoms with E-state index in [0.29, 0.717) is 18.0 Å². The highest BCUT2D eigenvalue weighted by Gasteiger charge is 2.26. The first-order valence-electron chi connectivity index (χ1n) is 7.64. The predicted octanol–water partition coefficient (Wildman–Crippen LogP) is 1.55. The van der Waals surface area contributed by atoms with Crippen molar-refractivity contribution < 1.29 is 14.5 Å². The molecule has 138 valence electrons. The van der Waals surface area contributed by atoms with Crippen LogP contribution < -0.4 is 11.5 Å². The third-order valence-corrected chi connectivity index (χ3v) is 5.06. The number of carbonyl (C=O) groups is 2. The Bertz CT molecular complexity index is 658. The number of amides is 2. The second kappa shape index (κ2) is 9.59. The maximum absolute atomic E-state index is 12.4. The number of thioether (sulfide) groups is 1. The van der Waals surface area contributed by atoms with E-state index < -0.39 is 10.8 Å². The molecule has 25 heavy (non-hydrogen) atoms. The topological polar surface area (TPSA) is 133 Å². The summed E-state index contributed by atoms with van der Waals surface area (Å²) in [7, 11) is 0. The molecule has 4 N–H and O–H groups in total. The van der Waals surface area contributed by atoms with Gasteiger partial charge in [0.05, 0.1) is 15.6 Å². The van der Waals surface area contributed by atoms with Gasteiger partial charge in [-0.05, 0) is 31.4 Å². The molecule has 1 unspecified atom stereocenters. The van der Waals surface area contributed by atoms with E-state index in [-0.39, 0.29) is 41.4 Å². The maximum Gasteiger partial charge on any atom is 0.283 e. The number of rotatable bonds is 6. The highest BCUT2D eigenvalue weighted by molar-refractivity contribution is 8.00. The number of primary amides is 1. The molecule has 0 aromatic heterocycles. The van der Waals surface area contributed by atoms with Crippen LogP contribution in [0.15, 0.2) is 23.1 Å². The van der Waals surface area contributed by atoms with Crippen molar-refractivity contribution in [3.63, 3.8) is 0 Å².